The zero-order valence-electron chi connectivity index (χ0n) is 10.1. The molecular weight excluding hydrogens is 212 g/mol. The molecule has 1 amide bonds. The monoisotopic (exact) mass is 232 g/mol. The predicted molar refractivity (Wildman–Crippen MR) is 68.8 cm³/mol. The number of benzene rings is 1. The maximum absolute atomic E-state index is 11.0. The molecule has 1 aliphatic heterocycles. The first-order valence-corrected chi connectivity index (χ1v) is 6.38. The molecule has 0 saturated carbocycles. The largest absolute Gasteiger partial charge is 0.355 e. The Morgan fingerprint density at radius 2 is 2.12 bits per heavy atom. The van der Waals surface area contributed by atoms with Crippen LogP contribution in [0.25, 0.3) is 0 Å². The lowest BCUT2D eigenvalue weighted by molar-refractivity contribution is -0.122. The molecule has 2 N–H and O–H groups in total. The van der Waals surface area contributed by atoms with E-state index in [1.807, 2.05) is 6.07 Å². The van der Waals surface area contributed by atoms with Crippen molar-refractivity contribution in [1.29, 1.82) is 0 Å². The van der Waals surface area contributed by atoms with Gasteiger partial charge in [-0.3, -0.25) is 4.79 Å². The number of hydrogen-bond donors (Lipinski definition) is 2. The van der Waals surface area contributed by atoms with E-state index in [9.17, 15) is 4.79 Å². The molecule has 1 heterocycles. The second kappa shape index (κ2) is 6.40. The summed E-state index contributed by atoms with van der Waals surface area (Å²) in [7, 11) is 0. The Morgan fingerprint density at radius 1 is 1.29 bits per heavy atom. The fourth-order valence-electron chi connectivity index (χ4n) is 2.15. The SMILES string of the molecule is O=C1CCC(NCCCc2ccccc2)CN1. The van der Waals surface area contributed by atoms with Crippen molar-refractivity contribution >= 4 is 5.91 Å². The summed E-state index contributed by atoms with van der Waals surface area (Å²) < 4.78 is 0. The number of carbonyl (C=O) groups excluding carboxylic acids is 1. The minimum Gasteiger partial charge on any atom is -0.355 e. The van der Waals surface area contributed by atoms with Crippen LogP contribution in [-0.4, -0.2) is 25.0 Å². The number of carbonyl (C=O) groups is 1. The number of nitrogens with one attached hydrogen (secondary N) is 2. The van der Waals surface area contributed by atoms with Crippen molar-refractivity contribution in [3.63, 3.8) is 0 Å². The van der Waals surface area contributed by atoms with Gasteiger partial charge in [0.05, 0.1) is 0 Å². The van der Waals surface area contributed by atoms with Gasteiger partial charge in [0.15, 0.2) is 0 Å². The van der Waals surface area contributed by atoms with Gasteiger partial charge in [-0.1, -0.05) is 30.3 Å². The number of rotatable bonds is 5. The fourth-order valence-corrected chi connectivity index (χ4v) is 2.15. The van der Waals surface area contributed by atoms with Crippen LogP contribution in [0.15, 0.2) is 30.3 Å². The minimum absolute atomic E-state index is 0.187. The van der Waals surface area contributed by atoms with Gasteiger partial charge >= 0.3 is 0 Å². The first-order valence-electron chi connectivity index (χ1n) is 6.38. The summed E-state index contributed by atoms with van der Waals surface area (Å²) in [5.74, 6) is 0.187. The first-order chi connectivity index (χ1) is 8.34. The molecule has 0 aromatic heterocycles. The quantitative estimate of drug-likeness (QED) is 0.755. The summed E-state index contributed by atoms with van der Waals surface area (Å²) in [6, 6.07) is 11.0. The fraction of sp³-hybridized carbons (Fsp3) is 0.500. The van der Waals surface area contributed by atoms with Crippen LogP contribution < -0.4 is 10.6 Å². The summed E-state index contributed by atoms with van der Waals surface area (Å²) in [5, 5.41) is 6.39. The summed E-state index contributed by atoms with van der Waals surface area (Å²) in [6.07, 6.45) is 3.90. The van der Waals surface area contributed by atoms with Crippen molar-refractivity contribution in [2.75, 3.05) is 13.1 Å². The van der Waals surface area contributed by atoms with E-state index < -0.39 is 0 Å². The third-order valence-corrected chi connectivity index (χ3v) is 3.18. The van der Waals surface area contributed by atoms with Crippen molar-refractivity contribution in [1.82, 2.24) is 10.6 Å². The van der Waals surface area contributed by atoms with Gasteiger partial charge < -0.3 is 10.6 Å². The lowest BCUT2D eigenvalue weighted by Gasteiger charge is -2.23. The highest BCUT2D eigenvalue weighted by molar-refractivity contribution is 5.76. The lowest BCUT2D eigenvalue weighted by atomic mass is 10.1. The van der Waals surface area contributed by atoms with Gasteiger partial charge in [-0.2, -0.15) is 0 Å². The van der Waals surface area contributed by atoms with Crippen LogP contribution in [0.5, 0.6) is 0 Å². The van der Waals surface area contributed by atoms with Gasteiger partial charge in [-0.05, 0) is 31.4 Å². The maximum Gasteiger partial charge on any atom is 0.220 e. The Balaban J connectivity index is 1.59. The second-order valence-corrected chi connectivity index (χ2v) is 4.58. The van der Waals surface area contributed by atoms with Crippen LogP contribution in [0.3, 0.4) is 0 Å². The van der Waals surface area contributed by atoms with Gasteiger partial charge in [-0.15, -0.1) is 0 Å². The smallest absolute Gasteiger partial charge is 0.220 e. The minimum atomic E-state index is 0.187. The average Bonchev–Trinajstić information content (AvgIpc) is 2.38. The van der Waals surface area contributed by atoms with Gasteiger partial charge in [0.2, 0.25) is 5.91 Å². The molecule has 1 aromatic carbocycles. The maximum atomic E-state index is 11.0. The van der Waals surface area contributed by atoms with E-state index in [0.29, 0.717) is 12.5 Å². The van der Waals surface area contributed by atoms with E-state index >= 15 is 0 Å². The number of piperidine rings is 1. The molecule has 0 aliphatic carbocycles. The summed E-state index contributed by atoms with van der Waals surface area (Å²) in [5.41, 5.74) is 1.39. The standard InChI is InChI=1S/C14H20N2O/c17-14-9-8-13(11-16-14)15-10-4-7-12-5-2-1-3-6-12/h1-3,5-6,13,15H,4,7-11H2,(H,16,17). The molecule has 1 aromatic rings. The Labute approximate surface area is 103 Å². The van der Waals surface area contributed by atoms with Crippen LogP contribution in [0.1, 0.15) is 24.8 Å². The molecule has 0 bridgehead atoms. The normalized spacial score (nSPS) is 20.0. The van der Waals surface area contributed by atoms with Crippen LogP contribution in [0.2, 0.25) is 0 Å². The Bertz CT molecular complexity index is 340. The predicted octanol–water partition coefficient (Wildman–Crippen LogP) is 1.49. The second-order valence-electron chi connectivity index (χ2n) is 4.58. The van der Waals surface area contributed by atoms with Crippen LogP contribution in [0.4, 0.5) is 0 Å². The molecule has 3 heteroatoms. The molecule has 3 nitrogen and oxygen atoms in total. The molecule has 1 aliphatic rings. The van der Waals surface area contributed by atoms with Crippen molar-refractivity contribution in [3.05, 3.63) is 35.9 Å². The van der Waals surface area contributed by atoms with Crippen molar-refractivity contribution in [2.24, 2.45) is 0 Å². The molecule has 92 valence electrons. The molecule has 0 spiro atoms. The van der Waals surface area contributed by atoms with E-state index in [1.165, 1.54) is 5.56 Å². The number of amides is 1. The molecule has 2 rings (SSSR count). The van der Waals surface area contributed by atoms with E-state index in [0.717, 1.165) is 32.4 Å². The molecule has 1 fully saturated rings. The Kier molecular flexibility index (Phi) is 4.56. The first kappa shape index (κ1) is 12.1. The summed E-state index contributed by atoms with van der Waals surface area (Å²) in [6.45, 7) is 1.81. The highest BCUT2D eigenvalue weighted by Crippen LogP contribution is 2.04. The van der Waals surface area contributed by atoms with E-state index in [1.54, 1.807) is 0 Å². The molecule has 1 unspecified atom stereocenters. The topological polar surface area (TPSA) is 41.1 Å². The van der Waals surface area contributed by atoms with Gasteiger partial charge in [0, 0.05) is 19.0 Å². The molecule has 0 radical (unpaired) electrons. The average molecular weight is 232 g/mol. The van der Waals surface area contributed by atoms with Crippen molar-refractivity contribution in [2.45, 2.75) is 31.7 Å². The zero-order chi connectivity index (χ0) is 11.9. The zero-order valence-corrected chi connectivity index (χ0v) is 10.1. The third kappa shape index (κ3) is 4.19. The van der Waals surface area contributed by atoms with Gasteiger partial charge in [0.25, 0.3) is 0 Å². The molecule has 17 heavy (non-hydrogen) atoms. The summed E-state index contributed by atoms with van der Waals surface area (Å²) in [4.78, 5) is 11.0. The van der Waals surface area contributed by atoms with E-state index in [2.05, 4.69) is 34.9 Å². The number of aryl methyl sites for hydroxylation is 1. The third-order valence-electron chi connectivity index (χ3n) is 3.18. The van der Waals surface area contributed by atoms with Crippen LogP contribution >= 0.6 is 0 Å². The van der Waals surface area contributed by atoms with Crippen LogP contribution in [-0.2, 0) is 11.2 Å². The Hall–Kier alpha value is -1.35. The van der Waals surface area contributed by atoms with E-state index in [4.69, 9.17) is 0 Å². The van der Waals surface area contributed by atoms with Crippen LogP contribution in [0, 0.1) is 0 Å². The highest BCUT2D eigenvalue weighted by atomic mass is 16.1. The van der Waals surface area contributed by atoms with Gasteiger partial charge in [-0.25, -0.2) is 0 Å². The molecule has 1 saturated heterocycles. The Morgan fingerprint density at radius 3 is 2.82 bits per heavy atom. The van der Waals surface area contributed by atoms with Crippen molar-refractivity contribution < 1.29 is 4.79 Å². The van der Waals surface area contributed by atoms with Gasteiger partial charge in [0.1, 0.15) is 0 Å². The number of hydrogen-bond acceptors (Lipinski definition) is 2. The molecular formula is C14H20N2O. The lowest BCUT2D eigenvalue weighted by Crippen LogP contribution is -2.45. The van der Waals surface area contributed by atoms with Crippen molar-refractivity contribution in [3.8, 4) is 0 Å². The molecule has 1 atom stereocenters. The van der Waals surface area contributed by atoms with E-state index in [-0.39, 0.29) is 5.91 Å². The summed E-state index contributed by atoms with van der Waals surface area (Å²) >= 11 is 0. The highest BCUT2D eigenvalue weighted by Gasteiger charge is 2.16.